The van der Waals surface area contributed by atoms with Crippen molar-refractivity contribution in [3.05, 3.63) is 42.5 Å². The highest BCUT2D eigenvalue weighted by Gasteiger charge is 2.29. The van der Waals surface area contributed by atoms with Crippen LogP contribution in [0.15, 0.2) is 52.6 Å². The predicted octanol–water partition coefficient (Wildman–Crippen LogP) is 1.14. The van der Waals surface area contributed by atoms with Crippen molar-refractivity contribution in [2.45, 2.75) is 0 Å². The van der Waals surface area contributed by atoms with Crippen LogP contribution in [0.1, 0.15) is 0 Å². The summed E-state index contributed by atoms with van der Waals surface area (Å²) < 4.78 is 5.37. The Hall–Kier alpha value is -3.43. The molecule has 1 aliphatic heterocycles. The molecule has 0 unspecified atom stereocenters. The van der Waals surface area contributed by atoms with Gasteiger partial charge in [0.1, 0.15) is 23.8 Å². The van der Waals surface area contributed by atoms with Crippen molar-refractivity contribution in [3.63, 3.8) is 0 Å². The molecule has 2 aromatic rings. The van der Waals surface area contributed by atoms with Crippen molar-refractivity contribution >= 4 is 40.0 Å². The molecule has 2 aromatic carbocycles. The molecular formula is C18H20N6O3. The van der Waals surface area contributed by atoms with Crippen LogP contribution < -0.4 is 21.2 Å². The number of nitrogen functional groups attached to an aromatic ring is 2. The Morgan fingerprint density at radius 1 is 1.11 bits per heavy atom. The van der Waals surface area contributed by atoms with Gasteiger partial charge in [-0.2, -0.15) is 5.10 Å². The minimum Gasteiger partial charge on any atom is -0.489 e. The molecule has 9 nitrogen and oxygen atoms in total. The fourth-order valence-corrected chi connectivity index (χ4v) is 2.54. The number of aliphatic imine (C=N–C) groups is 1. The Labute approximate surface area is 155 Å². The summed E-state index contributed by atoms with van der Waals surface area (Å²) in [6, 6.07) is 12.1. The predicted molar refractivity (Wildman–Crippen MR) is 106 cm³/mol. The number of anilines is 3. The molecule has 0 aliphatic carbocycles. The van der Waals surface area contributed by atoms with Gasteiger partial charge in [-0.15, -0.1) is 0 Å². The second-order valence-corrected chi connectivity index (χ2v) is 5.68. The van der Waals surface area contributed by atoms with E-state index in [0.29, 0.717) is 28.5 Å². The van der Waals surface area contributed by atoms with Gasteiger partial charge >= 0.3 is 0 Å². The lowest BCUT2D eigenvalue weighted by Crippen LogP contribution is -2.27. The number of hydrogen-bond acceptors (Lipinski definition) is 8. The minimum absolute atomic E-state index is 0.0132. The van der Waals surface area contributed by atoms with E-state index >= 15 is 0 Å². The minimum atomic E-state index is -0.382. The van der Waals surface area contributed by atoms with Gasteiger partial charge in [-0.25, -0.2) is 10.0 Å². The Bertz CT molecular complexity index is 911. The van der Waals surface area contributed by atoms with E-state index in [1.165, 1.54) is 17.1 Å². The van der Waals surface area contributed by atoms with Crippen molar-refractivity contribution in [2.24, 2.45) is 10.1 Å². The largest absolute Gasteiger partial charge is 0.489 e. The molecule has 9 heteroatoms. The van der Waals surface area contributed by atoms with Gasteiger partial charge in [0.05, 0.1) is 36.0 Å². The highest BCUT2D eigenvalue weighted by Crippen LogP contribution is 2.34. The number of nitrogens with two attached hydrogens (primary N) is 2. The Kier molecular flexibility index (Phi) is 5.34. The molecule has 0 radical (unpaired) electrons. The van der Waals surface area contributed by atoms with Gasteiger partial charge in [0.2, 0.25) is 0 Å². The van der Waals surface area contributed by atoms with Crippen LogP contribution in [0, 0.1) is 5.41 Å². The third-order valence-electron chi connectivity index (χ3n) is 3.82. The van der Waals surface area contributed by atoms with E-state index in [1.807, 2.05) is 18.2 Å². The van der Waals surface area contributed by atoms with Crippen LogP contribution in [0.25, 0.3) is 0 Å². The fourth-order valence-electron chi connectivity index (χ4n) is 2.54. The molecule has 0 aromatic heterocycles. The van der Waals surface area contributed by atoms with Gasteiger partial charge in [-0.3, -0.25) is 5.41 Å². The maximum absolute atomic E-state index is 9.64. The molecule has 0 fully saturated rings. The van der Waals surface area contributed by atoms with Gasteiger partial charge in [0.25, 0.3) is 0 Å². The van der Waals surface area contributed by atoms with Crippen LogP contribution in [0.5, 0.6) is 5.75 Å². The molecule has 7 N–H and O–H groups in total. The van der Waals surface area contributed by atoms with Crippen LogP contribution in [0.3, 0.4) is 0 Å². The van der Waals surface area contributed by atoms with E-state index < -0.39 is 0 Å². The van der Waals surface area contributed by atoms with Crippen molar-refractivity contribution < 1.29 is 14.9 Å². The average Bonchev–Trinajstić information content (AvgIpc) is 2.99. The maximum Gasteiger partial charge on any atom is 0.174 e. The Morgan fingerprint density at radius 2 is 1.85 bits per heavy atom. The molecule has 0 spiro atoms. The van der Waals surface area contributed by atoms with Crippen molar-refractivity contribution in [1.82, 2.24) is 0 Å². The lowest BCUT2D eigenvalue weighted by Gasteiger charge is -2.13. The van der Waals surface area contributed by atoms with Gasteiger partial charge in [-0.05, 0) is 18.2 Å². The number of aliphatic hydroxyl groups is 2. The Morgan fingerprint density at radius 3 is 2.52 bits per heavy atom. The first-order valence-electron chi connectivity index (χ1n) is 8.19. The second kappa shape index (κ2) is 7.85. The molecule has 3 rings (SSSR count). The summed E-state index contributed by atoms with van der Waals surface area (Å²) in [6.45, 7) is -0.468. The smallest absolute Gasteiger partial charge is 0.174 e. The zero-order chi connectivity index (χ0) is 19.4. The first-order chi connectivity index (χ1) is 13.0. The summed E-state index contributed by atoms with van der Waals surface area (Å²) in [5.74, 6) is 0.337. The maximum atomic E-state index is 9.64. The van der Waals surface area contributed by atoms with E-state index in [9.17, 15) is 5.11 Å². The first-order valence-corrected chi connectivity index (χ1v) is 8.19. The molecule has 0 amide bonds. The van der Waals surface area contributed by atoms with E-state index in [1.54, 1.807) is 12.1 Å². The lowest BCUT2D eigenvalue weighted by atomic mass is 10.2. The van der Waals surface area contributed by atoms with Crippen LogP contribution in [-0.2, 0) is 0 Å². The molecule has 0 bridgehead atoms. The number of aliphatic hydroxyl groups excluding tert-OH is 2. The number of hydrazone groups is 1. The molecule has 1 heterocycles. The SMILES string of the molecule is N=C1C(=Nc2cc(OCCO)c(N)cc2N)C(CO)=NN1c1ccccc1. The molecular weight excluding hydrogens is 348 g/mol. The molecule has 0 saturated heterocycles. The third kappa shape index (κ3) is 3.73. The van der Waals surface area contributed by atoms with Crippen molar-refractivity contribution in [3.8, 4) is 5.75 Å². The van der Waals surface area contributed by atoms with Crippen molar-refractivity contribution in [2.75, 3.05) is 36.3 Å². The summed E-state index contributed by atoms with van der Waals surface area (Å²) in [4.78, 5) is 4.41. The van der Waals surface area contributed by atoms with Gasteiger partial charge < -0.3 is 26.4 Å². The number of benzene rings is 2. The zero-order valence-electron chi connectivity index (χ0n) is 14.5. The standard InChI is InChI=1S/C18H20N6O3/c19-12-8-13(20)16(27-7-6-25)9-14(12)22-17-15(10-26)23-24(18(17)21)11-4-2-1-3-5-11/h1-5,8-9,21,25-26H,6-7,10,19-20H2. The number of nitrogens with zero attached hydrogens (tertiary/aromatic N) is 3. The molecule has 140 valence electrons. The summed E-state index contributed by atoms with van der Waals surface area (Å²) in [7, 11) is 0. The van der Waals surface area contributed by atoms with E-state index in [2.05, 4.69) is 10.1 Å². The van der Waals surface area contributed by atoms with Gasteiger partial charge in [-0.1, -0.05) is 18.2 Å². The highest BCUT2D eigenvalue weighted by atomic mass is 16.5. The number of amidine groups is 1. The zero-order valence-corrected chi connectivity index (χ0v) is 14.5. The third-order valence-corrected chi connectivity index (χ3v) is 3.82. The van der Waals surface area contributed by atoms with E-state index in [4.69, 9.17) is 26.7 Å². The number of nitrogens with one attached hydrogen (secondary N) is 1. The Balaban J connectivity index is 1.99. The normalized spacial score (nSPS) is 15.3. The molecule has 27 heavy (non-hydrogen) atoms. The number of ether oxygens (including phenoxy) is 1. The lowest BCUT2D eigenvalue weighted by molar-refractivity contribution is 0.202. The highest BCUT2D eigenvalue weighted by molar-refractivity contribution is 6.72. The average molecular weight is 368 g/mol. The number of hydrogen-bond donors (Lipinski definition) is 5. The van der Waals surface area contributed by atoms with Gasteiger partial charge in [0.15, 0.2) is 5.84 Å². The van der Waals surface area contributed by atoms with Gasteiger partial charge in [0, 0.05) is 6.07 Å². The van der Waals surface area contributed by atoms with Crippen molar-refractivity contribution in [1.29, 1.82) is 5.41 Å². The van der Waals surface area contributed by atoms with Crippen LogP contribution in [0.2, 0.25) is 0 Å². The topological polar surface area (TPSA) is 154 Å². The fraction of sp³-hybridized carbons (Fsp3) is 0.167. The second-order valence-electron chi connectivity index (χ2n) is 5.68. The summed E-state index contributed by atoms with van der Waals surface area (Å²) in [6.07, 6.45) is 0. The van der Waals surface area contributed by atoms with Crippen LogP contribution in [0.4, 0.5) is 22.7 Å². The molecule has 1 aliphatic rings. The summed E-state index contributed by atoms with van der Waals surface area (Å²) >= 11 is 0. The van der Waals surface area contributed by atoms with E-state index in [-0.39, 0.29) is 37.1 Å². The molecule has 0 atom stereocenters. The van der Waals surface area contributed by atoms with E-state index in [0.717, 1.165) is 0 Å². The quantitative estimate of drug-likeness (QED) is 0.482. The van der Waals surface area contributed by atoms with Crippen LogP contribution >= 0.6 is 0 Å². The molecule has 0 saturated carbocycles. The van der Waals surface area contributed by atoms with Crippen LogP contribution in [-0.4, -0.2) is 47.3 Å². The number of rotatable bonds is 6. The summed E-state index contributed by atoms with van der Waals surface area (Å²) in [5, 5.41) is 32.6. The number of para-hydroxylation sites is 1. The summed E-state index contributed by atoms with van der Waals surface area (Å²) in [5.41, 5.74) is 13.9. The first kappa shape index (κ1) is 18.4. The monoisotopic (exact) mass is 368 g/mol.